The molecule has 0 radical (unpaired) electrons. The molecule has 2 fully saturated rings. The number of allylic oxidation sites excluding steroid dienone is 1. The Hall–Kier alpha value is -3.97. The lowest BCUT2D eigenvalue weighted by Crippen LogP contribution is -2.51. The maximum Gasteiger partial charge on any atom is 0.256 e. The van der Waals surface area contributed by atoms with Crippen LogP contribution in [-0.2, 0) is 22.4 Å². The number of piperazine rings is 1. The van der Waals surface area contributed by atoms with E-state index in [1.165, 1.54) is 25.7 Å². The predicted octanol–water partition coefficient (Wildman–Crippen LogP) is 5.30. The Morgan fingerprint density at radius 1 is 1.00 bits per heavy atom. The van der Waals surface area contributed by atoms with E-state index in [1.807, 2.05) is 67.3 Å². The number of likely N-dealkylation sites (N-methyl/N-ethyl adjacent to an activating group) is 1. The zero-order chi connectivity index (χ0) is 30.2. The van der Waals surface area contributed by atoms with Crippen molar-refractivity contribution in [2.75, 3.05) is 40.3 Å². The highest BCUT2D eigenvalue weighted by molar-refractivity contribution is 6.31. The summed E-state index contributed by atoms with van der Waals surface area (Å²) < 4.78 is 0. The van der Waals surface area contributed by atoms with Crippen molar-refractivity contribution in [2.45, 2.75) is 58.4 Å². The van der Waals surface area contributed by atoms with Gasteiger partial charge in [-0.1, -0.05) is 55.3 Å². The fourth-order valence-electron chi connectivity index (χ4n) is 7.15. The Morgan fingerprint density at radius 2 is 1.72 bits per heavy atom. The summed E-state index contributed by atoms with van der Waals surface area (Å²) >= 11 is 0. The Balaban J connectivity index is 1.28. The summed E-state index contributed by atoms with van der Waals surface area (Å²) in [7, 11) is 3.53. The predicted molar refractivity (Wildman–Crippen MR) is 171 cm³/mol. The molecule has 1 saturated carbocycles. The molecule has 0 atom stereocenters. The molecule has 43 heavy (non-hydrogen) atoms. The second-order valence-corrected chi connectivity index (χ2v) is 12.6. The number of nitrogens with zero attached hydrogens (tertiary/aromatic N) is 3. The number of carbonyl (C=O) groups excluding carboxylic acids is 3. The molecular formula is C36H42N4O3. The molecule has 2 amide bonds. The lowest BCUT2D eigenvalue weighted by Gasteiger charge is -2.38. The number of carbonyl (C=O) groups is 3. The summed E-state index contributed by atoms with van der Waals surface area (Å²) in [4.78, 5) is 49.1. The number of aromatic nitrogens is 1. The van der Waals surface area contributed by atoms with Gasteiger partial charge in [-0.15, -0.1) is 0 Å². The number of rotatable bonds is 6. The van der Waals surface area contributed by atoms with Gasteiger partial charge in [-0.05, 0) is 66.1 Å². The van der Waals surface area contributed by atoms with Gasteiger partial charge >= 0.3 is 0 Å². The van der Waals surface area contributed by atoms with Crippen LogP contribution in [0.1, 0.15) is 69.7 Å². The van der Waals surface area contributed by atoms with Crippen molar-refractivity contribution in [1.82, 2.24) is 19.7 Å². The largest absolute Gasteiger partial charge is 0.358 e. The lowest BCUT2D eigenvalue weighted by molar-refractivity contribution is -0.128. The normalized spacial score (nSPS) is 18.5. The Morgan fingerprint density at radius 3 is 2.44 bits per heavy atom. The molecule has 1 aromatic heterocycles. The number of ketones is 1. The van der Waals surface area contributed by atoms with Gasteiger partial charge in [0.15, 0.2) is 5.78 Å². The minimum atomic E-state index is 0.0461. The summed E-state index contributed by atoms with van der Waals surface area (Å²) in [5.74, 6) is 0.193. The zero-order valence-corrected chi connectivity index (χ0v) is 25.8. The molecule has 0 unspecified atom stereocenters. The van der Waals surface area contributed by atoms with E-state index in [0.717, 1.165) is 76.5 Å². The monoisotopic (exact) mass is 578 g/mol. The van der Waals surface area contributed by atoms with Gasteiger partial charge in [-0.2, -0.15) is 0 Å². The number of amides is 2. The first kappa shape index (κ1) is 29.1. The molecule has 224 valence electrons. The molecule has 2 aromatic carbocycles. The molecular weight excluding hydrogens is 536 g/mol. The molecule has 1 aliphatic heterocycles. The standard InChI is InChI=1S/C36H42N4O3/c1-23-31(37-24(2)34(23)36(43)40-17-15-39(16-18-40)28-12-5-6-13-28)22-30-32(41)21-27-11-8-14-29(35(27)30)26-10-7-9-25(19-26)20-33(42)38(3)4/h7-11,14,19,22,28,37H,5-6,12-13,15-18,20-21H2,1-4H3/b30-22+. The third kappa shape index (κ3) is 5.70. The van der Waals surface area contributed by atoms with E-state index in [4.69, 9.17) is 0 Å². The first-order valence-electron chi connectivity index (χ1n) is 15.6. The second kappa shape index (κ2) is 12.0. The molecule has 2 aliphatic carbocycles. The Kier molecular flexibility index (Phi) is 8.10. The molecule has 3 aliphatic rings. The van der Waals surface area contributed by atoms with Gasteiger partial charge in [0.05, 0.1) is 12.0 Å². The van der Waals surface area contributed by atoms with Crippen molar-refractivity contribution in [2.24, 2.45) is 0 Å². The molecule has 6 rings (SSSR count). The summed E-state index contributed by atoms with van der Waals surface area (Å²) in [6.07, 6.45) is 7.83. The molecule has 2 heterocycles. The van der Waals surface area contributed by atoms with E-state index < -0.39 is 0 Å². The van der Waals surface area contributed by atoms with Gasteiger partial charge in [0.1, 0.15) is 0 Å². The smallest absolute Gasteiger partial charge is 0.256 e. The van der Waals surface area contributed by atoms with Crippen LogP contribution in [0.15, 0.2) is 42.5 Å². The number of aryl methyl sites for hydroxylation is 1. The van der Waals surface area contributed by atoms with Gasteiger partial charge in [0.2, 0.25) is 5.91 Å². The van der Waals surface area contributed by atoms with Crippen LogP contribution in [0, 0.1) is 13.8 Å². The number of benzene rings is 2. The SMILES string of the molecule is Cc1[nH]c(/C=C2\C(=O)Cc3cccc(-c4cccc(CC(=O)N(C)C)c4)c32)c(C)c1C(=O)N1CCN(C2CCCC2)CC1. The summed E-state index contributed by atoms with van der Waals surface area (Å²) in [6.45, 7) is 7.32. The van der Waals surface area contributed by atoms with E-state index >= 15 is 0 Å². The van der Waals surface area contributed by atoms with Gasteiger partial charge in [0.25, 0.3) is 5.91 Å². The first-order valence-corrected chi connectivity index (χ1v) is 15.6. The fourth-order valence-corrected chi connectivity index (χ4v) is 7.15. The minimum absolute atomic E-state index is 0.0461. The van der Waals surface area contributed by atoms with Crippen LogP contribution in [-0.4, -0.2) is 83.6 Å². The summed E-state index contributed by atoms with van der Waals surface area (Å²) in [5, 5.41) is 0. The first-order chi connectivity index (χ1) is 20.7. The van der Waals surface area contributed by atoms with Crippen LogP contribution in [0.2, 0.25) is 0 Å². The topological polar surface area (TPSA) is 76.7 Å². The van der Waals surface area contributed by atoms with E-state index in [2.05, 4.69) is 9.88 Å². The van der Waals surface area contributed by atoms with Crippen LogP contribution in [0.5, 0.6) is 0 Å². The lowest BCUT2D eigenvalue weighted by atomic mass is 9.92. The van der Waals surface area contributed by atoms with Crippen LogP contribution in [0.3, 0.4) is 0 Å². The van der Waals surface area contributed by atoms with Crippen molar-refractivity contribution >= 4 is 29.2 Å². The van der Waals surface area contributed by atoms with Gasteiger partial charge < -0.3 is 14.8 Å². The Labute approximate surface area is 254 Å². The second-order valence-electron chi connectivity index (χ2n) is 12.6. The van der Waals surface area contributed by atoms with Crippen LogP contribution in [0.25, 0.3) is 22.8 Å². The fraction of sp³-hybridized carbons (Fsp3) is 0.417. The molecule has 1 N–H and O–H groups in total. The van der Waals surface area contributed by atoms with Crippen molar-refractivity contribution in [1.29, 1.82) is 0 Å². The number of nitrogens with one attached hydrogen (secondary N) is 1. The van der Waals surface area contributed by atoms with E-state index in [-0.39, 0.29) is 17.6 Å². The van der Waals surface area contributed by atoms with E-state index in [9.17, 15) is 14.4 Å². The van der Waals surface area contributed by atoms with E-state index in [0.29, 0.717) is 24.5 Å². The number of hydrogen-bond donors (Lipinski definition) is 1. The van der Waals surface area contributed by atoms with Crippen LogP contribution in [0.4, 0.5) is 0 Å². The molecule has 0 bridgehead atoms. The molecule has 7 nitrogen and oxygen atoms in total. The number of aromatic amines is 1. The van der Waals surface area contributed by atoms with Crippen molar-refractivity contribution in [3.05, 3.63) is 81.7 Å². The highest BCUT2D eigenvalue weighted by atomic mass is 16.2. The van der Waals surface area contributed by atoms with Gasteiger partial charge in [0, 0.05) is 69.7 Å². The van der Waals surface area contributed by atoms with Crippen LogP contribution >= 0.6 is 0 Å². The quantitative estimate of drug-likeness (QED) is 0.403. The maximum atomic E-state index is 13.7. The Bertz CT molecular complexity index is 1600. The third-order valence-corrected chi connectivity index (χ3v) is 9.58. The number of fused-ring (bicyclic) bond motifs is 1. The summed E-state index contributed by atoms with van der Waals surface area (Å²) in [6, 6.07) is 14.8. The molecule has 7 heteroatoms. The average molecular weight is 579 g/mol. The maximum absolute atomic E-state index is 13.7. The molecule has 0 spiro atoms. The van der Waals surface area contributed by atoms with Crippen molar-refractivity contribution < 1.29 is 14.4 Å². The average Bonchev–Trinajstić information content (AvgIpc) is 3.71. The number of hydrogen-bond acceptors (Lipinski definition) is 4. The van der Waals surface area contributed by atoms with E-state index in [1.54, 1.807) is 19.0 Å². The highest BCUT2D eigenvalue weighted by Crippen LogP contribution is 2.39. The third-order valence-electron chi connectivity index (χ3n) is 9.58. The van der Waals surface area contributed by atoms with Gasteiger partial charge in [-0.25, -0.2) is 0 Å². The zero-order valence-electron chi connectivity index (χ0n) is 25.8. The molecule has 3 aromatic rings. The highest BCUT2D eigenvalue weighted by Gasteiger charge is 2.31. The molecule has 1 saturated heterocycles. The summed E-state index contributed by atoms with van der Waals surface area (Å²) in [5.41, 5.74) is 8.74. The number of H-pyrrole nitrogens is 1. The van der Waals surface area contributed by atoms with Crippen molar-refractivity contribution in [3.8, 4) is 11.1 Å². The van der Waals surface area contributed by atoms with Gasteiger partial charge in [-0.3, -0.25) is 19.3 Å². The number of Topliss-reactive ketones (excluding diaryl/α,β-unsaturated/α-hetero) is 1. The minimum Gasteiger partial charge on any atom is -0.358 e. The van der Waals surface area contributed by atoms with Crippen LogP contribution < -0.4 is 0 Å². The van der Waals surface area contributed by atoms with Crippen molar-refractivity contribution in [3.63, 3.8) is 0 Å².